The lowest BCUT2D eigenvalue weighted by Gasteiger charge is -2.10. The van der Waals surface area contributed by atoms with E-state index in [1.807, 2.05) is 24.3 Å². The highest BCUT2D eigenvalue weighted by Gasteiger charge is 2.10. The molecular weight excluding hydrogens is 267 g/mol. The summed E-state index contributed by atoms with van der Waals surface area (Å²) in [6.45, 7) is 2.07. The Bertz CT molecular complexity index is 802. The van der Waals surface area contributed by atoms with Crippen LogP contribution in [0.4, 0.5) is 4.39 Å². The first-order valence-corrected chi connectivity index (χ1v) is 6.70. The predicted octanol–water partition coefficient (Wildman–Crippen LogP) is 3.93. The Morgan fingerprint density at radius 1 is 1.14 bits per heavy atom. The summed E-state index contributed by atoms with van der Waals surface area (Å²) in [7, 11) is 0. The molecule has 3 nitrogen and oxygen atoms in total. The Morgan fingerprint density at radius 2 is 1.95 bits per heavy atom. The average Bonchev–Trinajstić information content (AvgIpc) is 2.51. The van der Waals surface area contributed by atoms with Crippen LogP contribution in [-0.4, -0.2) is 4.98 Å². The van der Waals surface area contributed by atoms with Crippen molar-refractivity contribution in [3.63, 3.8) is 0 Å². The molecule has 0 saturated heterocycles. The fourth-order valence-electron chi connectivity index (χ4n) is 2.25. The van der Waals surface area contributed by atoms with Crippen LogP contribution >= 0.6 is 0 Å². The lowest BCUT2D eigenvalue weighted by Crippen LogP contribution is -2.00. The molecule has 0 aliphatic carbocycles. The average molecular weight is 282 g/mol. The molecular formula is C17H15FN2O. The number of hydrogen-bond donors (Lipinski definition) is 1. The number of benzene rings is 2. The lowest BCUT2D eigenvalue weighted by molar-refractivity contribution is 0.426. The molecule has 1 heterocycles. The molecule has 4 heteroatoms. The van der Waals surface area contributed by atoms with Crippen molar-refractivity contribution in [1.82, 2.24) is 4.98 Å². The fraction of sp³-hybridized carbons (Fsp3) is 0.118. The first-order chi connectivity index (χ1) is 10.2. The number of fused-ring (bicyclic) bond motifs is 1. The van der Waals surface area contributed by atoms with E-state index >= 15 is 0 Å². The molecule has 2 N–H and O–H groups in total. The van der Waals surface area contributed by atoms with Gasteiger partial charge in [-0.2, -0.15) is 0 Å². The molecule has 0 bridgehead atoms. The van der Waals surface area contributed by atoms with Gasteiger partial charge in [-0.15, -0.1) is 0 Å². The number of aromatic nitrogens is 1. The standard InChI is InChI=1S/C17H15FN2O/c1-11-5-4-8-15(17(11)18)21-16-9-12(10-19)13-6-2-3-7-14(13)20-16/h2-9H,10,19H2,1H3. The number of nitrogens with zero attached hydrogens (tertiary/aromatic N) is 1. The van der Waals surface area contributed by atoms with Gasteiger partial charge in [0.2, 0.25) is 5.88 Å². The Hall–Kier alpha value is -2.46. The summed E-state index contributed by atoms with van der Waals surface area (Å²) in [5.74, 6) is 0.140. The highest BCUT2D eigenvalue weighted by Crippen LogP contribution is 2.28. The second-order valence-electron chi connectivity index (χ2n) is 4.83. The number of halogens is 1. The maximum atomic E-state index is 14.0. The van der Waals surface area contributed by atoms with E-state index in [-0.39, 0.29) is 11.6 Å². The van der Waals surface area contributed by atoms with E-state index < -0.39 is 0 Å². The molecule has 0 fully saturated rings. The quantitative estimate of drug-likeness (QED) is 0.791. The van der Waals surface area contributed by atoms with Gasteiger partial charge in [0.25, 0.3) is 0 Å². The smallest absolute Gasteiger partial charge is 0.220 e. The predicted molar refractivity (Wildman–Crippen MR) is 80.8 cm³/mol. The minimum Gasteiger partial charge on any atom is -0.436 e. The summed E-state index contributed by atoms with van der Waals surface area (Å²) in [5, 5.41) is 0.983. The summed E-state index contributed by atoms with van der Waals surface area (Å²) in [6.07, 6.45) is 0. The number of para-hydroxylation sites is 1. The topological polar surface area (TPSA) is 48.1 Å². The first kappa shape index (κ1) is 13.5. The van der Waals surface area contributed by atoms with Crippen LogP contribution in [-0.2, 0) is 6.54 Å². The third-order valence-corrected chi connectivity index (χ3v) is 3.37. The normalized spacial score (nSPS) is 10.8. The van der Waals surface area contributed by atoms with Gasteiger partial charge in [-0.1, -0.05) is 30.3 Å². The fourth-order valence-corrected chi connectivity index (χ4v) is 2.25. The Balaban J connectivity index is 2.07. The summed E-state index contributed by atoms with van der Waals surface area (Å²) in [6, 6.07) is 14.5. The number of pyridine rings is 1. The van der Waals surface area contributed by atoms with Crippen LogP contribution in [0.25, 0.3) is 10.9 Å². The van der Waals surface area contributed by atoms with Crippen molar-refractivity contribution in [1.29, 1.82) is 0 Å². The van der Waals surface area contributed by atoms with Crippen molar-refractivity contribution in [3.8, 4) is 11.6 Å². The van der Waals surface area contributed by atoms with Gasteiger partial charge in [0.1, 0.15) is 0 Å². The molecule has 0 saturated carbocycles. The number of nitrogens with two attached hydrogens (primary N) is 1. The highest BCUT2D eigenvalue weighted by atomic mass is 19.1. The van der Waals surface area contributed by atoms with Crippen LogP contribution in [0.1, 0.15) is 11.1 Å². The zero-order valence-electron chi connectivity index (χ0n) is 11.6. The molecule has 0 atom stereocenters. The van der Waals surface area contributed by atoms with Crippen LogP contribution in [0, 0.1) is 12.7 Å². The monoisotopic (exact) mass is 282 g/mol. The largest absolute Gasteiger partial charge is 0.436 e. The van der Waals surface area contributed by atoms with Gasteiger partial charge in [-0.25, -0.2) is 9.37 Å². The first-order valence-electron chi connectivity index (χ1n) is 6.70. The molecule has 106 valence electrons. The van der Waals surface area contributed by atoms with Crippen molar-refractivity contribution in [2.24, 2.45) is 5.73 Å². The SMILES string of the molecule is Cc1cccc(Oc2cc(CN)c3ccccc3n2)c1F. The maximum absolute atomic E-state index is 14.0. The number of hydrogen-bond acceptors (Lipinski definition) is 3. The summed E-state index contributed by atoms with van der Waals surface area (Å²) < 4.78 is 19.6. The maximum Gasteiger partial charge on any atom is 0.220 e. The van der Waals surface area contributed by atoms with Gasteiger partial charge >= 0.3 is 0 Å². The van der Waals surface area contributed by atoms with Crippen LogP contribution in [0.3, 0.4) is 0 Å². The minimum atomic E-state index is -0.373. The zero-order chi connectivity index (χ0) is 14.8. The Labute approximate surface area is 122 Å². The number of ether oxygens (including phenoxy) is 1. The van der Waals surface area contributed by atoms with E-state index in [1.165, 1.54) is 0 Å². The van der Waals surface area contributed by atoms with Gasteiger partial charge in [0.15, 0.2) is 11.6 Å². The van der Waals surface area contributed by atoms with Crippen molar-refractivity contribution < 1.29 is 9.13 Å². The minimum absolute atomic E-state index is 0.167. The third kappa shape index (κ3) is 2.58. The second-order valence-corrected chi connectivity index (χ2v) is 4.83. The van der Waals surface area contributed by atoms with E-state index in [9.17, 15) is 4.39 Å². The highest BCUT2D eigenvalue weighted by molar-refractivity contribution is 5.82. The van der Waals surface area contributed by atoms with Gasteiger partial charge in [0.05, 0.1) is 5.52 Å². The third-order valence-electron chi connectivity index (χ3n) is 3.37. The van der Waals surface area contributed by atoms with Gasteiger partial charge in [-0.05, 0) is 30.2 Å². The molecule has 0 spiro atoms. The number of rotatable bonds is 3. The van der Waals surface area contributed by atoms with Gasteiger partial charge < -0.3 is 10.5 Å². The molecule has 1 aromatic heterocycles. The van der Waals surface area contributed by atoms with Crippen molar-refractivity contribution in [3.05, 3.63) is 65.5 Å². The molecule has 0 unspecified atom stereocenters. The van der Waals surface area contributed by atoms with E-state index in [2.05, 4.69) is 4.98 Å². The van der Waals surface area contributed by atoms with Crippen molar-refractivity contribution >= 4 is 10.9 Å². The van der Waals surface area contributed by atoms with Gasteiger partial charge in [-0.3, -0.25) is 0 Å². The lowest BCUT2D eigenvalue weighted by atomic mass is 10.1. The molecule has 21 heavy (non-hydrogen) atoms. The molecule has 3 rings (SSSR count). The van der Waals surface area contributed by atoms with E-state index in [0.29, 0.717) is 18.0 Å². The Morgan fingerprint density at radius 3 is 2.76 bits per heavy atom. The Kier molecular flexibility index (Phi) is 3.54. The van der Waals surface area contributed by atoms with Crippen LogP contribution in [0.2, 0.25) is 0 Å². The number of aryl methyl sites for hydroxylation is 1. The van der Waals surface area contributed by atoms with Gasteiger partial charge in [0, 0.05) is 18.0 Å². The van der Waals surface area contributed by atoms with Crippen LogP contribution < -0.4 is 10.5 Å². The molecule has 0 aliphatic heterocycles. The van der Waals surface area contributed by atoms with Crippen molar-refractivity contribution in [2.75, 3.05) is 0 Å². The van der Waals surface area contributed by atoms with E-state index in [0.717, 1.165) is 16.5 Å². The summed E-state index contributed by atoms with van der Waals surface area (Å²) >= 11 is 0. The van der Waals surface area contributed by atoms with Crippen LogP contribution in [0.5, 0.6) is 11.6 Å². The van der Waals surface area contributed by atoms with E-state index in [1.54, 1.807) is 31.2 Å². The van der Waals surface area contributed by atoms with Crippen molar-refractivity contribution in [2.45, 2.75) is 13.5 Å². The molecule has 2 aromatic carbocycles. The van der Waals surface area contributed by atoms with Crippen LogP contribution in [0.15, 0.2) is 48.5 Å². The molecule has 0 amide bonds. The van der Waals surface area contributed by atoms with E-state index in [4.69, 9.17) is 10.5 Å². The summed E-state index contributed by atoms with van der Waals surface area (Å²) in [5.41, 5.74) is 8.01. The molecule has 0 radical (unpaired) electrons. The molecule has 3 aromatic rings. The summed E-state index contributed by atoms with van der Waals surface area (Å²) in [4.78, 5) is 4.41. The second kappa shape index (κ2) is 5.50. The molecule has 0 aliphatic rings. The zero-order valence-corrected chi connectivity index (χ0v) is 11.6.